The van der Waals surface area contributed by atoms with Crippen molar-refractivity contribution in [2.45, 2.75) is 0 Å². The van der Waals surface area contributed by atoms with E-state index < -0.39 is 0 Å². The maximum atomic E-state index is 9.88. The molecule has 6 heteroatoms. The number of hydrogen-bond acceptors (Lipinski definition) is 3. The van der Waals surface area contributed by atoms with Gasteiger partial charge < -0.3 is 15.2 Å². The highest BCUT2D eigenvalue weighted by atomic mass is 35.5. The highest BCUT2D eigenvalue weighted by Gasteiger charge is 1.92. The van der Waals surface area contributed by atoms with E-state index >= 15 is 0 Å². The summed E-state index contributed by atoms with van der Waals surface area (Å²) in [6.07, 6.45) is 0.644. The van der Waals surface area contributed by atoms with Gasteiger partial charge in [-0.25, -0.2) is 0 Å². The average molecular weight is 246 g/mol. The van der Waals surface area contributed by atoms with Gasteiger partial charge >= 0.3 is 0 Å². The minimum Gasteiger partial charge on any atom is -0.492 e. The second-order valence-corrected chi connectivity index (χ2v) is 2.92. The molecule has 2 N–H and O–H groups in total. The average Bonchev–Trinajstić information content (AvgIpc) is 2.28. The second-order valence-electron chi connectivity index (χ2n) is 2.48. The lowest BCUT2D eigenvalue weighted by atomic mass is 10.3. The number of amides is 1. The summed E-state index contributed by atoms with van der Waals surface area (Å²) in [4.78, 5) is 18.2. The Labute approximate surface area is 98.0 Å². The molecule has 0 saturated heterocycles. The number of ether oxygens (including phenoxy) is 1. The van der Waals surface area contributed by atoms with Crippen molar-refractivity contribution >= 4 is 24.5 Å². The molecule has 0 aliphatic rings. The highest BCUT2D eigenvalue weighted by Crippen LogP contribution is 2.14. The number of nitrogens with one attached hydrogen (secondary N) is 1. The zero-order valence-corrected chi connectivity index (χ0v) is 9.18. The van der Waals surface area contributed by atoms with Gasteiger partial charge in [0.2, 0.25) is 6.41 Å². The monoisotopic (exact) mass is 245 g/mol. The number of halogens is 1. The molecule has 0 heterocycles. The molecule has 1 aromatic rings. The number of hydrogen-bond donors (Lipinski definition) is 2. The fraction of sp³-hybridized carbons (Fsp3) is 0.200. The Balaban J connectivity index is 0.000000673. The normalized spacial score (nSPS) is 8.31. The summed E-state index contributed by atoms with van der Waals surface area (Å²) in [5, 5.41) is 10.1. The molecule has 0 bridgehead atoms. The van der Waals surface area contributed by atoms with Crippen molar-refractivity contribution in [3.63, 3.8) is 0 Å². The Morgan fingerprint density at radius 2 is 1.88 bits per heavy atom. The molecule has 0 spiro atoms. The minimum atomic E-state index is -0.250. The maximum absolute atomic E-state index is 9.88. The number of rotatable bonds is 5. The van der Waals surface area contributed by atoms with E-state index in [1.54, 1.807) is 24.3 Å². The third kappa shape index (κ3) is 7.64. The molecule has 88 valence electrons. The fourth-order valence-electron chi connectivity index (χ4n) is 0.818. The van der Waals surface area contributed by atoms with Crippen LogP contribution in [0, 0.1) is 0 Å². The van der Waals surface area contributed by atoms with Crippen LogP contribution in [-0.2, 0) is 9.59 Å². The Hall–Kier alpha value is -1.75. The van der Waals surface area contributed by atoms with Gasteiger partial charge in [0.1, 0.15) is 12.4 Å². The predicted octanol–water partition coefficient (Wildman–Crippen LogP) is 1.17. The summed E-state index contributed by atoms with van der Waals surface area (Å²) in [6.45, 7) is 0.715. The summed E-state index contributed by atoms with van der Waals surface area (Å²) in [6, 6.07) is 7.07. The molecule has 1 rings (SSSR count). The van der Waals surface area contributed by atoms with Crippen molar-refractivity contribution in [3.05, 3.63) is 29.3 Å². The fourth-order valence-corrected chi connectivity index (χ4v) is 0.944. The molecule has 0 aliphatic carbocycles. The number of carbonyl (C=O) groups excluding carboxylic acids is 1. The molecule has 0 fully saturated rings. The minimum absolute atomic E-state index is 0.250. The third-order valence-corrected chi connectivity index (χ3v) is 1.66. The number of carbonyl (C=O) groups is 2. The van der Waals surface area contributed by atoms with E-state index in [4.69, 9.17) is 26.2 Å². The van der Waals surface area contributed by atoms with Crippen LogP contribution in [0.4, 0.5) is 0 Å². The molecule has 0 radical (unpaired) electrons. The largest absolute Gasteiger partial charge is 0.492 e. The van der Waals surface area contributed by atoms with Gasteiger partial charge in [0.15, 0.2) is 0 Å². The highest BCUT2D eigenvalue weighted by molar-refractivity contribution is 6.30. The van der Waals surface area contributed by atoms with Gasteiger partial charge in [-0.05, 0) is 24.3 Å². The van der Waals surface area contributed by atoms with Crippen LogP contribution in [-0.4, -0.2) is 31.1 Å². The van der Waals surface area contributed by atoms with Crippen LogP contribution < -0.4 is 10.1 Å². The van der Waals surface area contributed by atoms with Gasteiger partial charge in [0, 0.05) is 5.02 Å². The van der Waals surface area contributed by atoms with Crippen LogP contribution in [0.25, 0.3) is 0 Å². The van der Waals surface area contributed by atoms with Gasteiger partial charge in [-0.2, -0.15) is 0 Å². The Kier molecular flexibility index (Phi) is 8.72. The number of carboxylic acid groups (broad SMARTS) is 1. The van der Waals surface area contributed by atoms with Crippen LogP contribution in [0.2, 0.25) is 5.02 Å². The Morgan fingerprint density at radius 1 is 1.31 bits per heavy atom. The molecule has 0 aromatic heterocycles. The maximum Gasteiger partial charge on any atom is 0.290 e. The first kappa shape index (κ1) is 14.2. The van der Waals surface area contributed by atoms with Crippen molar-refractivity contribution in [3.8, 4) is 5.75 Å². The van der Waals surface area contributed by atoms with Crippen molar-refractivity contribution in [2.75, 3.05) is 13.2 Å². The van der Waals surface area contributed by atoms with Crippen molar-refractivity contribution < 1.29 is 19.4 Å². The third-order valence-electron chi connectivity index (χ3n) is 1.41. The Morgan fingerprint density at radius 3 is 2.38 bits per heavy atom. The van der Waals surface area contributed by atoms with Crippen LogP contribution in [0.5, 0.6) is 5.75 Å². The molecular weight excluding hydrogens is 234 g/mol. The van der Waals surface area contributed by atoms with Gasteiger partial charge in [-0.3, -0.25) is 9.59 Å². The van der Waals surface area contributed by atoms with E-state index in [-0.39, 0.29) is 6.47 Å². The van der Waals surface area contributed by atoms with E-state index in [1.165, 1.54) is 0 Å². The lowest BCUT2D eigenvalue weighted by Crippen LogP contribution is -2.18. The van der Waals surface area contributed by atoms with Gasteiger partial charge in [-0.1, -0.05) is 11.6 Å². The summed E-state index contributed by atoms with van der Waals surface area (Å²) >= 11 is 5.68. The van der Waals surface area contributed by atoms with Crippen molar-refractivity contribution in [1.29, 1.82) is 0 Å². The summed E-state index contributed by atoms with van der Waals surface area (Å²) < 4.78 is 5.28. The summed E-state index contributed by atoms with van der Waals surface area (Å²) in [5.41, 5.74) is 0. The van der Waals surface area contributed by atoms with E-state index in [2.05, 4.69) is 5.32 Å². The van der Waals surface area contributed by atoms with Crippen molar-refractivity contribution in [2.24, 2.45) is 0 Å². The molecule has 0 aliphatic heterocycles. The SMILES string of the molecule is O=CNCCOc1ccc(Cl)cc1.O=CO. The topological polar surface area (TPSA) is 75.6 Å². The van der Waals surface area contributed by atoms with Crippen LogP contribution in [0.1, 0.15) is 0 Å². The van der Waals surface area contributed by atoms with E-state index in [0.29, 0.717) is 24.6 Å². The molecule has 5 nitrogen and oxygen atoms in total. The zero-order valence-electron chi connectivity index (χ0n) is 8.43. The van der Waals surface area contributed by atoms with Gasteiger partial charge in [0.05, 0.1) is 6.54 Å². The Bertz CT molecular complexity index is 302. The second kappa shape index (κ2) is 9.79. The van der Waals surface area contributed by atoms with Crippen molar-refractivity contribution in [1.82, 2.24) is 5.32 Å². The molecule has 0 saturated carbocycles. The van der Waals surface area contributed by atoms with Crippen LogP contribution >= 0.6 is 11.6 Å². The van der Waals surface area contributed by atoms with Crippen LogP contribution in [0.3, 0.4) is 0 Å². The van der Waals surface area contributed by atoms with Crippen LogP contribution in [0.15, 0.2) is 24.3 Å². The van der Waals surface area contributed by atoms with Gasteiger partial charge in [0.25, 0.3) is 6.47 Å². The molecule has 0 atom stereocenters. The quantitative estimate of drug-likeness (QED) is 0.603. The molecule has 1 amide bonds. The van der Waals surface area contributed by atoms with Gasteiger partial charge in [-0.15, -0.1) is 0 Å². The first-order chi connectivity index (χ1) is 7.74. The molecule has 0 unspecified atom stereocenters. The lowest BCUT2D eigenvalue weighted by Gasteiger charge is -2.04. The molecule has 1 aromatic carbocycles. The molecule has 16 heavy (non-hydrogen) atoms. The summed E-state index contributed by atoms with van der Waals surface area (Å²) in [7, 11) is 0. The first-order valence-corrected chi connectivity index (χ1v) is 4.75. The summed E-state index contributed by atoms with van der Waals surface area (Å²) in [5.74, 6) is 0.747. The van der Waals surface area contributed by atoms with E-state index in [1.807, 2.05) is 0 Å². The zero-order chi connectivity index (χ0) is 12.2. The molecular formula is C10H12ClNO4. The smallest absolute Gasteiger partial charge is 0.290 e. The number of benzene rings is 1. The van der Waals surface area contributed by atoms with E-state index in [9.17, 15) is 4.79 Å². The predicted molar refractivity (Wildman–Crippen MR) is 59.7 cm³/mol. The standard InChI is InChI=1S/C9H10ClNO2.CH2O2/c10-8-1-3-9(4-2-8)13-6-5-11-7-12;2-1-3/h1-4,7H,5-6H2,(H,11,12);1H,(H,2,3). The van der Waals surface area contributed by atoms with E-state index in [0.717, 1.165) is 5.75 Å². The lowest BCUT2D eigenvalue weighted by molar-refractivity contribution is -0.122. The first-order valence-electron chi connectivity index (χ1n) is 4.37.